The van der Waals surface area contributed by atoms with Crippen LogP contribution >= 0.6 is 0 Å². The van der Waals surface area contributed by atoms with E-state index in [9.17, 15) is 4.21 Å². The van der Waals surface area contributed by atoms with E-state index in [-0.39, 0.29) is 0 Å². The third-order valence-corrected chi connectivity index (χ3v) is 3.29. The van der Waals surface area contributed by atoms with E-state index < -0.39 is 10.8 Å². The number of rotatable bonds is 6. The molecule has 1 N–H and O–H groups in total. The van der Waals surface area contributed by atoms with E-state index in [0.717, 1.165) is 30.5 Å². The van der Waals surface area contributed by atoms with Crippen LogP contribution in [0.1, 0.15) is 26.2 Å². The summed E-state index contributed by atoms with van der Waals surface area (Å²) >= 11 is 0. The summed E-state index contributed by atoms with van der Waals surface area (Å²) < 4.78 is 11.1. The minimum atomic E-state index is -0.571. The van der Waals surface area contributed by atoms with Crippen LogP contribution in [0.5, 0.6) is 0 Å². The second kappa shape index (κ2) is 4.88. The first-order valence-electron chi connectivity index (χ1n) is 4.41. The minimum Gasteiger partial charge on any atom is -0.313 e. The fourth-order valence-electron chi connectivity index (χ4n) is 0.994. The Morgan fingerprint density at radius 1 is 1.45 bits per heavy atom. The van der Waals surface area contributed by atoms with Crippen LogP contribution in [0.15, 0.2) is 0 Å². The van der Waals surface area contributed by atoms with Gasteiger partial charge in [-0.2, -0.15) is 0 Å². The molecule has 0 spiro atoms. The zero-order valence-electron chi connectivity index (χ0n) is 7.14. The van der Waals surface area contributed by atoms with Crippen LogP contribution in [0.3, 0.4) is 0 Å². The summed E-state index contributed by atoms with van der Waals surface area (Å²) in [7, 11) is -0.571. The molecule has 0 radical (unpaired) electrons. The van der Waals surface area contributed by atoms with Gasteiger partial charge in [0.15, 0.2) is 0 Å². The van der Waals surface area contributed by atoms with E-state index in [1.807, 2.05) is 0 Å². The van der Waals surface area contributed by atoms with E-state index in [1.54, 1.807) is 0 Å². The molecule has 1 saturated carbocycles. The number of nitrogens with one attached hydrogen (secondary N) is 1. The van der Waals surface area contributed by atoms with E-state index in [4.69, 9.17) is 0 Å². The zero-order chi connectivity index (χ0) is 8.10. The maximum atomic E-state index is 11.1. The number of hydrogen-bond donors (Lipinski definition) is 1. The van der Waals surface area contributed by atoms with Gasteiger partial charge in [-0.3, -0.25) is 4.21 Å². The van der Waals surface area contributed by atoms with E-state index in [2.05, 4.69) is 12.2 Å². The van der Waals surface area contributed by atoms with Crippen molar-refractivity contribution in [3.63, 3.8) is 0 Å². The third kappa shape index (κ3) is 4.53. The average molecular weight is 175 g/mol. The smallest absolute Gasteiger partial charge is 0.0360 e. The molecule has 1 aliphatic carbocycles. The molecule has 1 rings (SSSR count). The van der Waals surface area contributed by atoms with E-state index in [1.165, 1.54) is 12.8 Å². The molecular formula is C8H17NOS. The van der Waals surface area contributed by atoms with Crippen molar-refractivity contribution in [1.29, 1.82) is 0 Å². The van der Waals surface area contributed by atoms with E-state index in [0.29, 0.717) is 0 Å². The Hall–Kier alpha value is 0.110. The molecule has 1 fully saturated rings. The highest BCUT2D eigenvalue weighted by molar-refractivity contribution is 7.84. The predicted octanol–water partition coefficient (Wildman–Crippen LogP) is 0.897. The molecule has 66 valence electrons. The van der Waals surface area contributed by atoms with Gasteiger partial charge in [-0.05, 0) is 19.3 Å². The highest BCUT2D eigenvalue weighted by Crippen LogP contribution is 2.17. The van der Waals surface area contributed by atoms with Crippen LogP contribution in [-0.4, -0.2) is 28.3 Å². The van der Waals surface area contributed by atoms with Gasteiger partial charge in [0.2, 0.25) is 0 Å². The lowest BCUT2D eigenvalue weighted by atomic mass is 10.6. The van der Waals surface area contributed by atoms with E-state index >= 15 is 0 Å². The van der Waals surface area contributed by atoms with Crippen molar-refractivity contribution in [2.24, 2.45) is 0 Å². The van der Waals surface area contributed by atoms with Gasteiger partial charge in [0.05, 0.1) is 0 Å². The van der Waals surface area contributed by atoms with Gasteiger partial charge in [0, 0.05) is 34.9 Å². The summed E-state index contributed by atoms with van der Waals surface area (Å²) in [6.45, 7) is 3.02. The highest BCUT2D eigenvalue weighted by atomic mass is 32.2. The first-order chi connectivity index (χ1) is 5.33. The molecule has 11 heavy (non-hydrogen) atoms. The maximum absolute atomic E-state index is 11.1. The lowest BCUT2D eigenvalue weighted by Gasteiger charge is -2.01. The Bertz CT molecular complexity index is 134. The predicted molar refractivity (Wildman–Crippen MR) is 49.2 cm³/mol. The molecule has 0 aliphatic heterocycles. The van der Waals surface area contributed by atoms with Crippen molar-refractivity contribution in [3.05, 3.63) is 0 Å². The molecule has 1 unspecified atom stereocenters. The normalized spacial score (nSPS) is 20.1. The van der Waals surface area contributed by atoms with Crippen LogP contribution in [0.4, 0.5) is 0 Å². The topological polar surface area (TPSA) is 29.1 Å². The fraction of sp³-hybridized carbons (Fsp3) is 1.00. The van der Waals surface area contributed by atoms with Gasteiger partial charge in [-0.25, -0.2) is 0 Å². The molecule has 0 aromatic rings. The van der Waals surface area contributed by atoms with Crippen LogP contribution in [-0.2, 0) is 10.8 Å². The van der Waals surface area contributed by atoms with Crippen LogP contribution < -0.4 is 5.32 Å². The largest absolute Gasteiger partial charge is 0.313 e. The molecule has 0 amide bonds. The van der Waals surface area contributed by atoms with Gasteiger partial charge in [-0.1, -0.05) is 6.92 Å². The lowest BCUT2D eigenvalue weighted by molar-refractivity contribution is 0.671. The van der Waals surface area contributed by atoms with Gasteiger partial charge in [0.25, 0.3) is 0 Å². The third-order valence-electron chi connectivity index (χ3n) is 1.77. The van der Waals surface area contributed by atoms with Crippen LogP contribution in [0.2, 0.25) is 0 Å². The summed E-state index contributed by atoms with van der Waals surface area (Å²) in [5, 5.41) is 3.35. The quantitative estimate of drug-likeness (QED) is 0.650. The molecule has 1 aliphatic rings. The van der Waals surface area contributed by atoms with Crippen LogP contribution in [0, 0.1) is 0 Å². The molecule has 0 heterocycles. The van der Waals surface area contributed by atoms with Crippen molar-refractivity contribution in [2.75, 3.05) is 18.1 Å². The Kier molecular flexibility index (Phi) is 4.08. The van der Waals surface area contributed by atoms with Crippen molar-refractivity contribution in [1.82, 2.24) is 5.32 Å². The van der Waals surface area contributed by atoms with Gasteiger partial charge < -0.3 is 5.32 Å². The molecule has 0 aromatic heterocycles. The van der Waals surface area contributed by atoms with Crippen molar-refractivity contribution < 1.29 is 4.21 Å². The first-order valence-corrected chi connectivity index (χ1v) is 5.90. The zero-order valence-corrected chi connectivity index (χ0v) is 7.95. The molecule has 3 heteroatoms. The SMILES string of the molecule is CCCS(=O)CCNC1CC1. The van der Waals surface area contributed by atoms with Crippen molar-refractivity contribution in [3.8, 4) is 0 Å². The second-order valence-corrected chi connectivity index (χ2v) is 4.77. The van der Waals surface area contributed by atoms with Gasteiger partial charge in [0.1, 0.15) is 0 Å². The summed E-state index contributed by atoms with van der Waals surface area (Å²) in [6, 6.07) is 0.758. The Labute approximate surface area is 71.2 Å². The second-order valence-electron chi connectivity index (χ2n) is 3.08. The maximum Gasteiger partial charge on any atom is 0.0360 e. The van der Waals surface area contributed by atoms with Crippen LogP contribution in [0.25, 0.3) is 0 Å². The Morgan fingerprint density at radius 3 is 2.73 bits per heavy atom. The molecular weight excluding hydrogens is 158 g/mol. The minimum absolute atomic E-state index is 0.571. The number of hydrogen-bond acceptors (Lipinski definition) is 2. The fourth-order valence-corrected chi connectivity index (χ4v) is 2.00. The monoisotopic (exact) mass is 175 g/mol. The lowest BCUT2D eigenvalue weighted by Crippen LogP contribution is -2.23. The summed E-state index contributed by atoms with van der Waals surface area (Å²) in [6.07, 6.45) is 3.68. The molecule has 2 nitrogen and oxygen atoms in total. The average Bonchev–Trinajstić information content (AvgIpc) is 2.72. The molecule has 0 bridgehead atoms. The Balaban J connectivity index is 1.88. The standard InChI is InChI=1S/C8H17NOS/c1-2-6-11(10)7-5-9-8-3-4-8/h8-9H,2-7H2,1H3. The first kappa shape index (κ1) is 9.20. The van der Waals surface area contributed by atoms with Crippen molar-refractivity contribution >= 4 is 10.8 Å². The Morgan fingerprint density at radius 2 is 2.18 bits per heavy atom. The summed E-state index contributed by atoms with van der Waals surface area (Å²) in [5.74, 6) is 1.71. The molecule has 0 saturated heterocycles. The highest BCUT2D eigenvalue weighted by Gasteiger charge is 2.19. The molecule has 1 atom stereocenters. The van der Waals surface area contributed by atoms with Crippen molar-refractivity contribution in [2.45, 2.75) is 32.2 Å². The summed E-state index contributed by atoms with van der Waals surface area (Å²) in [4.78, 5) is 0. The van der Waals surface area contributed by atoms with Gasteiger partial charge >= 0.3 is 0 Å². The summed E-state index contributed by atoms with van der Waals surface area (Å²) in [5.41, 5.74) is 0. The molecule has 0 aromatic carbocycles. The van der Waals surface area contributed by atoms with Gasteiger partial charge in [-0.15, -0.1) is 0 Å².